The molecule has 0 saturated heterocycles. The number of hydrogen-bond acceptors (Lipinski definition) is 2. The van der Waals surface area contributed by atoms with Gasteiger partial charge in [0.2, 0.25) is 0 Å². The number of aryl methyl sites for hydroxylation is 1. The molecule has 1 heterocycles. The van der Waals surface area contributed by atoms with Crippen molar-refractivity contribution in [2.24, 2.45) is 0 Å². The predicted octanol–water partition coefficient (Wildman–Crippen LogP) is 2.77. The lowest BCUT2D eigenvalue weighted by Crippen LogP contribution is -1.89. The van der Waals surface area contributed by atoms with Crippen molar-refractivity contribution < 1.29 is 4.79 Å². The number of aromatic nitrogens is 1. The minimum Gasteiger partial charge on any atom is -0.361 e. The number of H-pyrrole nitrogens is 1. The van der Waals surface area contributed by atoms with Crippen LogP contribution in [0.2, 0.25) is 0 Å². The molecule has 0 saturated carbocycles. The van der Waals surface area contributed by atoms with E-state index in [9.17, 15) is 0 Å². The number of hydrogen-bond donors (Lipinski definition) is 2. The molecule has 0 spiro atoms. The summed E-state index contributed by atoms with van der Waals surface area (Å²) in [5.41, 5.74) is 2.67. The van der Waals surface area contributed by atoms with Crippen LogP contribution in [0.3, 0.4) is 0 Å². The lowest BCUT2D eigenvalue weighted by atomic mass is 10.1. The molecule has 2 N–H and O–H groups in total. The number of carbonyl (C=O) groups is 1. The second-order valence-corrected chi connectivity index (χ2v) is 3.65. The molecular formula is C14H22N2O. The van der Waals surface area contributed by atoms with Crippen LogP contribution in [-0.4, -0.2) is 25.9 Å². The standard InChI is InChI=1S/C11H13N.C2H7N.CH2O/c1-2-3-9-4-5-11-10(8-9)6-7-12-11;1-3-2;1-2/h4-8,12H,2-3H2,1H3;3H,1-2H3;1H2. The summed E-state index contributed by atoms with van der Waals surface area (Å²) in [6, 6.07) is 8.73. The van der Waals surface area contributed by atoms with E-state index in [4.69, 9.17) is 4.79 Å². The molecule has 0 aliphatic heterocycles. The van der Waals surface area contributed by atoms with E-state index in [0.717, 1.165) is 0 Å². The molecule has 94 valence electrons. The fourth-order valence-corrected chi connectivity index (χ4v) is 1.55. The molecule has 0 atom stereocenters. The lowest BCUT2D eigenvalue weighted by molar-refractivity contribution is -0.0979. The van der Waals surface area contributed by atoms with Gasteiger partial charge in [-0.1, -0.05) is 19.4 Å². The molecule has 3 heteroatoms. The monoisotopic (exact) mass is 234 g/mol. The quantitative estimate of drug-likeness (QED) is 0.839. The number of aromatic amines is 1. The van der Waals surface area contributed by atoms with Crippen LogP contribution >= 0.6 is 0 Å². The van der Waals surface area contributed by atoms with Gasteiger partial charge in [0.1, 0.15) is 6.79 Å². The van der Waals surface area contributed by atoms with E-state index in [1.807, 2.05) is 27.1 Å². The van der Waals surface area contributed by atoms with Crippen molar-refractivity contribution in [2.45, 2.75) is 19.8 Å². The molecule has 0 aliphatic rings. The topological polar surface area (TPSA) is 44.9 Å². The van der Waals surface area contributed by atoms with Gasteiger partial charge in [0, 0.05) is 11.7 Å². The average molecular weight is 234 g/mol. The Labute approximate surface area is 103 Å². The van der Waals surface area contributed by atoms with Crippen LogP contribution in [0.25, 0.3) is 10.9 Å². The maximum absolute atomic E-state index is 8.00. The zero-order chi connectivity index (χ0) is 13.1. The highest BCUT2D eigenvalue weighted by Crippen LogP contribution is 2.14. The fraction of sp³-hybridized carbons (Fsp3) is 0.357. The predicted molar refractivity (Wildman–Crippen MR) is 74.4 cm³/mol. The van der Waals surface area contributed by atoms with Crippen molar-refractivity contribution in [3.63, 3.8) is 0 Å². The van der Waals surface area contributed by atoms with Crippen LogP contribution in [-0.2, 0) is 11.2 Å². The number of benzene rings is 1. The van der Waals surface area contributed by atoms with Crippen molar-refractivity contribution in [1.82, 2.24) is 10.3 Å². The Balaban J connectivity index is 0.000000450. The highest BCUT2D eigenvalue weighted by molar-refractivity contribution is 5.79. The third-order valence-corrected chi connectivity index (χ3v) is 2.16. The van der Waals surface area contributed by atoms with Gasteiger partial charge in [-0.15, -0.1) is 0 Å². The first kappa shape index (κ1) is 15.4. The van der Waals surface area contributed by atoms with Gasteiger partial charge in [-0.05, 0) is 49.7 Å². The summed E-state index contributed by atoms with van der Waals surface area (Å²) in [6.45, 7) is 4.21. The summed E-state index contributed by atoms with van der Waals surface area (Å²) in [7, 11) is 3.75. The SMILES string of the molecule is C=O.CCCc1ccc2[nH]ccc2c1.CNC. The molecule has 3 nitrogen and oxygen atoms in total. The van der Waals surface area contributed by atoms with Crippen LogP contribution in [0, 0.1) is 0 Å². The van der Waals surface area contributed by atoms with Gasteiger partial charge >= 0.3 is 0 Å². The first-order valence-electron chi connectivity index (χ1n) is 5.75. The lowest BCUT2D eigenvalue weighted by Gasteiger charge is -1.97. The minimum absolute atomic E-state index is 1.18. The van der Waals surface area contributed by atoms with E-state index in [1.165, 1.54) is 29.3 Å². The zero-order valence-corrected chi connectivity index (χ0v) is 10.9. The second kappa shape index (κ2) is 9.60. The number of carbonyl (C=O) groups excluding carboxylic acids is 1. The largest absolute Gasteiger partial charge is 0.361 e. The van der Waals surface area contributed by atoms with Gasteiger partial charge in [-0.25, -0.2) is 0 Å². The Morgan fingerprint density at radius 3 is 2.47 bits per heavy atom. The van der Waals surface area contributed by atoms with Gasteiger partial charge in [0.15, 0.2) is 0 Å². The minimum atomic E-state index is 1.18. The van der Waals surface area contributed by atoms with Gasteiger partial charge in [0.25, 0.3) is 0 Å². The van der Waals surface area contributed by atoms with Crippen molar-refractivity contribution in [2.75, 3.05) is 14.1 Å². The van der Waals surface area contributed by atoms with E-state index < -0.39 is 0 Å². The molecule has 0 aliphatic carbocycles. The summed E-state index contributed by atoms with van der Waals surface area (Å²) < 4.78 is 0. The molecule has 0 radical (unpaired) electrons. The molecule has 2 aromatic rings. The average Bonchev–Trinajstić information content (AvgIpc) is 2.80. The molecule has 0 fully saturated rings. The van der Waals surface area contributed by atoms with Crippen molar-refractivity contribution in [3.05, 3.63) is 36.0 Å². The van der Waals surface area contributed by atoms with Crippen LogP contribution in [0.15, 0.2) is 30.5 Å². The van der Waals surface area contributed by atoms with Gasteiger partial charge in [-0.3, -0.25) is 0 Å². The normalized spacial score (nSPS) is 8.88. The molecule has 17 heavy (non-hydrogen) atoms. The third-order valence-electron chi connectivity index (χ3n) is 2.16. The Hall–Kier alpha value is -1.61. The van der Waals surface area contributed by atoms with E-state index in [-0.39, 0.29) is 0 Å². The summed E-state index contributed by atoms with van der Waals surface area (Å²) in [6.07, 6.45) is 4.39. The van der Waals surface area contributed by atoms with E-state index >= 15 is 0 Å². The van der Waals surface area contributed by atoms with Crippen molar-refractivity contribution in [1.29, 1.82) is 0 Å². The van der Waals surface area contributed by atoms with Crippen LogP contribution < -0.4 is 5.32 Å². The van der Waals surface area contributed by atoms with E-state index in [2.05, 4.69) is 41.5 Å². The van der Waals surface area contributed by atoms with E-state index in [1.54, 1.807) is 0 Å². The molecule has 0 bridgehead atoms. The van der Waals surface area contributed by atoms with Gasteiger partial charge in [0.05, 0.1) is 0 Å². The number of rotatable bonds is 2. The summed E-state index contributed by atoms with van der Waals surface area (Å²) in [5, 5.41) is 4.07. The molecule has 2 rings (SSSR count). The van der Waals surface area contributed by atoms with Crippen LogP contribution in [0.5, 0.6) is 0 Å². The smallest absolute Gasteiger partial charge is 0.106 e. The molecule has 1 aromatic carbocycles. The molecular weight excluding hydrogens is 212 g/mol. The number of fused-ring (bicyclic) bond motifs is 1. The zero-order valence-electron chi connectivity index (χ0n) is 10.9. The summed E-state index contributed by atoms with van der Waals surface area (Å²) in [4.78, 5) is 11.2. The van der Waals surface area contributed by atoms with E-state index in [0.29, 0.717) is 0 Å². The van der Waals surface area contributed by atoms with Gasteiger partial charge < -0.3 is 15.1 Å². The summed E-state index contributed by atoms with van der Waals surface area (Å²) in [5.74, 6) is 0. The van der Waals surface area contributed by atoms with Crippen LogP contribution in [0.1, 0.15) is 18.9 Å². The fourth-order valence-electron chi connectivity index (χ4n) is 1.55. The third kappa shape index (κ3) is 5.31. The molecule has 0 amide bonds. The Morgan fingerprint density at radius 1 is 1.24 bits per heavy atom. The highest BCUT2D eigenvalue weighted by atomic mass is 16.1. The van der Waals surface area contributed by atoms with Crippen molar-refractivity contribution in [3.8, 4) is 0 Å². The highest BCUT2D eigenvalue weighted by Gasteiger charge is 1.95. The van der Waals surface area contributed by atoms with Crippen LogP contribution in [0.4, 0.5) is 0 Å². The maximum atomic E-state index is 8.00. The maximum Gasteiger partial charge on any atom is 0.106 e. The molecule has 0 unspecified atom stereocenters. The van der Waals surface area contributed by atoms with Crippen molar-refractivity contribution >= 4 is 17.7 Å². The Morgan fingerprint density at radius 2 is 1.88 bits per heavy atom. The second-order valence-electron chi connectivity index (χ2n) is 3.65. The first-order valence-corrected chi connectivity index (χ1v) is 5.75. The number of nitrogens with one attached hydrogen (secondary N) is 2. The first-order chi connectivity index (χ1) is 8.31. The Kier molecular flexibility index (Phi) is 8.69. The van der Waals surface area contributed by atoms with Gasteiger partial charge in [-0.2, -0.15) is 0 Å². The Bertz CT molecular complexity index is 409. The summed E-state index contributed by atoms with van der Waals surface area (Å²) >= 11 is 0. The molecule has 1 aromatic heterocycles.